The zero-order valence-corrected chi connectivity index (χ0v) is 9.71. The van der Waals surface area contributed by atoms with Gasteiger partial charge in [-0.1, -0.05) is 0 Å². The van der Waals surface area contributed by atoms with Gasteiger partial charge in [0.25, 0.3) is 0 Å². The molecular formula is C10H19N3O2. The fourth-order valence-electron chi connectivity index (χ4n) is 1.36. The Morgan fingerprint density at radius 3 is 2.67 bits per heavy atom. The molecule has 1 heterocycles. The molecular weight excluding hydrogens is 194 g/mol. The van der Waals surface area contributed by atoms with E-state index in [1.807, 2.05) is 25.5 Å². The lowest BCUT2D eigenvalue weighted by Crippen LogP contribution is -2.28. The van der Waals surface area contributed by atoms with Crippen LogP contribution in [0.5, 0.6) is 0 Å². The zero-order valence-electron chi connectivity index (χ0n) is 9.71. The van der Waals surface area contributed by atoms with Crippen molar-refractivity contribution in [1.29, 1.82) is 0 Å². The summed E-state index contributed by atoms with van der Waals surface area (Å²) in [5, 5.41) is 13.9. The van der Waals surface area contributed by atoms with E-state index >= 15 is 0 Å². The molecule has 0 fully saturated rings. The lowest BCUT2D eigenvalue weighted by molar-refractivity contribution is -0.00112. The molecule has 1 aromatic heterocycles. The molecule has 1 N–H and O–H groups in total. The normalized spacial score (nSPS) is 15.6. The minimum absolute atomic E-state index is 0.192. The standard InChI is InChI=1S/C10H19N3O2/c1-7(2)13-10(11-6-12-13)5-9(14)8(3)15-4/h6-9,14H,5H2,1-4H3. The summed E-state index contributed by atoms with van der Waals surface area (Å²) < 4.78 is 6.86. The van der Waals surface area contributed by atoms with Crippen LogP contribution in [-0.4, -0.2) is 39.2 Å². The molecule has 15 heavy (non-hydrogen) atoms. The number of ether oxygens (including phenoxy) is 1. The minimum atomic E-state index is -0.545. The lowest BCUT2D eigenvalue weighted by atomic mass is 10.1. The SMILES string of the molecule is COC(C)C(O)Cc1ncnn1C(C)C. The molecule has 1 rings (SSSR count). The number of nitrogens with zero attached hydrogens (tertiary/aromatic N) is 3. The van der Waals surface area contributed by atoms with Gasteiger partial charge in [-0.15, -0.1) is 0 Å². The van der Waals surface area contributed by atoms with Gasteiger partial charge < -0.3 is 9.84 Å². The second-order valence-electron chi connectivity index (χ2n) is 3.93. The van der Waals surface area contributed by atoms with E-state index in [1.54, 1.807) is 7.11 Å². The van der Waals surface area contributed by atoms with Crippen molar-refractivity contribution in [2.24, 2.45) is 0 Å². The van der Waals surface area contributed by atoms with Crippen LogP contribution in [0.4, 0.5) is 0 Å². The van der Waals surface area contributed by atoms with Gasteiger partial charge in [-0.05, 0) is 20.8 Å². The molecule has 0 aromatic carbocycles. The molecule has 0 radical (unpaired) electrons. The maximum Gasteiger partial charge on any atom is 0.138 e. The average molecular weight is 213 g/mol. The molecule has 2 unspecified atom stereocenters. The van der Waals surface area contributed by atoms with Crippen LogP contribution in [0.25, 0.3) is 0 Å². The van der Waals surface area contributed by atoms with Crippen LogP contribution < -0.4 is 0 Å². The predicted molar refractivity (Wildman–Crippen MR) is 56.6 cm³/mol. The topological polar surface area (TPSA) is 60.2 Å². The fraction of sp³-hybridized carbons (Fsp3) is 0.800. The predicted octanol–water partition coefficient (Wildman–Crippen LogP) is 0.797. The van der Waals surface area contributed by atoms with E-state index in [9.17, 15) is 5.11 Å². The Morgan fingerprint density at radius 2 is 2.13 bits per heavy atom. The highest BCUT2D eigenvalue weighted by Crippen LogP contribution is 2.09. The van der Waals surface area contributed by atoms with Crippen LogP contribution in [0.1, 0.15) is 32.6 Å². The summed E-state index contributed by atoms with van der Waals surface area (Å²) in [4.78, 5) is 4.13. The number of rotatable bonds is 5. The van der Waals surface area contributed by atoms with E-state index in [0.717, 1.165) is 5.82 Å². The van der Waals surface area contributed by atoms with Gasteiger partial charge in [0.1, 0.15) is 12.2 Å². The third-order valence-electron chi connectivity index (χ3n) is 2.44. The van der Waals surface area contributed by atoms with Gasteiger partial charge in [0.05, 0.1) is 12.2 Å². The van der Waals surface area contributed by atoms with Crippen LogP contribution >= 0.6 is 0 Å². The van der Waals surface area contributed by atoms with Crippen LogP contribution in [0.15, 0.2) is 6.33 Å². The number of hydrogen-bond donors (Lipinski definition) is 1. The molecule has 0 aliphatic heterocycles. The number of methoxy groups -OCH3 is 1. The summed E-state index contributed by atoms with van der Waals surface area (Å²) in [5.41, 5.74) is 0. The molecule has 5 nitrogen and oxygen atoms in total. The van der Waals surface area contributed by atoms with Gasteiger partial charge in [0.2, 0.25) is 0 Å². The van der Waals surface area contributed by atoms with Crippen molar-refractivity contribution in [3.8, 4) is 0 Å². The Kier molecular flexibility index (Phi) is 4.23. The Labute approximate surface area is 90.1 Å². The van der Waals surface area contributed by atoms with Crippen LogP contribution in [0.2, 0.25) is 0 Å². The van der Waals surface area contributed by atoms with E-state index in [0.29, 0.717) is 6.42 Å². The molecule has 2 atom stereocenters. The van der Waals surface area contributed by atoms with Crippen molar-refractivity contribution < 1.29 is 9.84 Å². The van der Waals surface area contributed by atoms with Crippen molar-refractivity contribution >= 4 is 0 Å². The van der Waals surface area contributed by atoms with E-state index in [2.05, 4.69) is 10.1 Å². The third kappa shape index (κ3) is 3.00. The summed E-state index contributed by atoms with van der Waals surface area (Å²) in [6, 6.07) is 0.257. The molecule has 5 heteroatoms. The number of aliphatic hydroxyl groups is 1. The van der Waals surface area contributed by atoms with Gasteiger partial charge in [-0.3, -0.25) is 0 Å². The molecule has 1 aromatic rings. The molecule has 0 saturated carbocycles. The second kappa shape index (κ2) is 5.23. The highest BCUT2D eigenvalue weighted by atomic mass is 16.5. The summed E-state index contributed by atoms with van der Waals surface area (Å²) in [7, 11) is 1.58. The van der Waals surface area contributed by atoms with Gasteiger partial charge in [0.15, 0.2) is 0 Å². The maximum atomic E-state index is 9.79. The molecule has 86 valence electrons. The van der Waals surface area contributed by atoms with Crippen LogP contribution in [0.3, 0.4) is 0 Å². The Balaban J connectivity index is 2.67. The number of aromatic nitrogens is 3. The molecule has 0 amide bonds. The van der Waals surface area contributed by atoms with Crippen molar-refractivity contribution in [1.82, 2.24) is 14.8 Å². The Morgan fingerprint density at radius 1 is 1.47 bits per heavy atom. The van der Waals surface area contributed by atoms with Crippen molar-refractivity contribution in [3.05, 3.63) is 12.2 Å². The van der Waals surface area contributed by atoms with Gasteiger partial charge in [0, 0.05) is 19.6 Å². The quantitative estimate of drug-likeness (QED) is 0.786. The summed E-state index contributed by atoms with van der Waals surface area (Å²) in [6.07, 6.45) is 1.24. The van der Waals surface area contributed by atoms with E-state index < -0.39 is 6.10 Å². The highest BCUT2D eigenvalue weighted by molar-refractivity contribution is 4.90. The maximum absolute atomic E-state index is 9.79. The zero-order chi connectivity index (χ0) is 11.4. The Hall–Kier alpha value is -0.940. The second-order valence-corrected chi connectivity index (χ2v) is 3.93. The summed E-state index contributed by atoms with van der Waals surface area (Å²) in [5.74, 6) is 0.793. The first-order chi connectivity index (χ1) is 7.06. The molecule has 0 bridgehead atoms. The highest BCUT2D eigenvalue weighted by Gasteiger charge is 2.18. The minimum Gasteiger partial charge on any atom is -0.390 e. The van der Waals surface area contributed by atoms with Crippen molar-refractivity contribution in [2.75, 3.05) is 7.11 Å². The lowest BCUT2D eigenvalue weighted by Gasteiger charge is -2.17. The molecule has 0 aliphatic rings. The van der Waals surface area contributed by atoms with E-state index in [1.165, 1.54) is 6.33 Å². The first-order valence-electron chi connectivity index (χ1n) is 5.15. The summed E-state index contributed by atoms with van der Waals surface area (Å²) in [6.45, 7) is 5.90. The van der Waals surface area contributed by atoms with E-state index in [-0.39, 0.29) is 12.1 Å². The molecule has 0 spiro atoms. The average Bonchev–Trinajstić information content (AvgIpc) is 2.64. The van der Waals surface area contributed by atoms with E-state index in [4.69, 9.17) is 4.74 Å². The van der Waals surface area contributed by atoms with Gasteiger partial charge >= 0.3 is 0 Å². The summed E-state index contributed by atoms with van der Waals surface area (Å²) >= 11 is 0. The first-order valence-corrected chi connectivity index (χ1v) is 5.15. The third-order valence-corrected chi connectivity index (χ3v) is 2.44. The van der Waals surface area contributed by atoms with Crippen LogP contribution in [0, 0.1) is 0 Å². The Bertz CT molecular complexity index is 299. The fourth-order valence-corrected chi connectivity index (χ4v) is 1.36. The largest absolute Gasteiger partial charge is 0.390 e. The number of aliphatic hydroxyl groups excluding tert-OH is 1. The smallest absolute Gasteiger partial charge is 0.138 e. The van der Waals surface area contributed by atoms with Crippen molar-refractivity contribution in [3.63, 3.8) is 0 Å². The first kappa shape index (κ1) is 12.1. The number of hydrogen-bond acceptors (Lipinski definition) is 4. The van der Waals surface area contributed by atoms with Gasteiger partial charge in [-0.25, -0.2) is 9.67 Å². The molecule has 0 saturated heterocycles. The molecule has 0 aliphatic carbocycles. The monoisotopic (exact) mass is 213 g/mol. The van der Waals surface area contributed by atoms with Crippen molar-refractivity contribution in [2.45, 2.75) is 45.4 Å². The van der Waals surface area contributed by atoms with Gasteiger partial charge in [-0.2, -0.15) is 5.10 Å². The van der Waals surface area contributed by atoms with Crippen LogP contribution in [-0.2, 0) is 11.2 Å².